The van der Waals surface area contributed by atoms with Crippen molar-refractivity contribution < 1.29 is 0 Å². The summed E-state index contributed by atoms with van der Waals surface area (Å²) in [6, 6.07) is 9.52. The fraction of sp³-hybridized carbons (Fsp3) is 0.625. The molecule has 1 aliphatic rings. The molecule has 0 spiro atoms. The summed E-state index contributed by atoms with van der Waals surface area (Å²) >= 11 is 1.79. The van der Waals surface area contributed by atoms with Crippen molar-refractivity contribution in [1.29, 1.82) is 0 Å². The Balaban J connectivity index is 2.30. The van der Waals surface area contributed by atoms with Gasteiger partial charge >= 0.3 is 0 Å². The normalized spacial score (nSPS) is 25.5. The first-order valence-electron chi connectivity index (χ1n) is 7.10. The van der Waals surface area contributed by atoms with E-state index in [2.05, 4.69) is 56.2 Å². The summed E-state index contributed by atoms with van der Waals surface area (Å²) in [5, 5.41) is 0. The molecular formula is C16H26N2S. The quantitative estimate of drug-likeness (QED) is 0.837. The zero-order chi connectivity index (χ0) is 14.0. The van der Waals surface area contributed by atoms with Crippen LogP contribution in [0.3, 0.4) is 0 Å². The molecule has 0 aliphatic carbocycles. The molecule has 1 aliphatic heterocycles. The van der Waals surface area contributed by atoms with Gasteiger partial charge in [-0.2, -0.15) is 0 Å². The van der Waals surface area contributed by atoms with Gasteiger partial charge in [-0.1, -0.05) is 12.1 Å². The summed E-state index contributed by atoms with van der Waals surface area (Å²) < 4.78 is 0. The molecule has 0 radical (unpaired) electrons. The van der Waals surface area contributed by atoms with E-state index in [1.807, 2.05) is 0 Å². The Morgan fingerprint density at radius 3 is 2.37 bits per heavy atom. The van der Waals surface area contributed by atoms with E-state index in [1.54, 1.807) is 11.8 Å². The lowest BCUT2D eigenvalue weighted by Gasteiger charge is -2.47. The van der Waals surface area contributed by atoms with Crippen molar-refractivity contribution in [3.05, 3.63) is 29.8 Å². The van der Waals surface area contributed by atoms with E-state index in [1.165, 1.54) is 16.9 Å². The van der Waals surface area contributed by atoms with Gasteiger partial charge in [0, 0.05) is 16.5 Å². The third-order valence-corrected chi connectivity index (χ3v) is 4.74. The largest absolute Gasteiger partial charge is 0.326 e. The number of benzene rings is 1. The minimum Gasteiger partial charge on any atom is -0.326 e. The Morgan fingerprint density at radius 2 is 1.84 bits per heavy atom. The van der Waals surface area contributed by atoms with Gasteiger partial charge in [0.25, 0.3) is 0 Å². The summed E-state index contributed by atoms with van der Waals surface area (Å²) in [4.78, 5) is 3.88. The highest BCUT2D eigenvalue weighted by atomic mass is 32.2. The van der Waals surface area contributed by atoms with E-state index < -0.39 is 0 Å². The molecule has 1 aromatic carbocycles. The van der Waals surface area contributed by atoms with Gasteiger partial charge in [0.15, 0.2) is 0 Å². The zero-order valence-corrected chi connectivity index (χ0v) is 13.3. The molecule has 0 saturated carbocycles. The third-order valence-electron chi connectivity index (χ3n) is 4.00. The van der Waals surface area contributed by atoms with Crippen LogP contribution in [0.15, 0.2) is 29.2 Å². The van der Waals surface area contributed by atoms with E-state index in [0.717, 1.165) is 13.0 Å². The highest BCUT2D eigenvalue weighted by molar-refractivity contribution is 7.98. The van der Waals surface area contributed by atoms with Crippen molar-refractivity contribution >= 4 is 11.8 Å². The van der Waals surface area contributed by atoms with Crippen molar-refractivity contribution in [1.82, 2.24) is 4.90 Å². The fourth-order valence-electron chi connectivity index (χ4n) is 3.01. The Bertz CT molecular complexity index is 408. The number of nitrogens with zero attached hydrogens (tertiary/aromatic N) is 1. The minimum absolute atomic E-state index is 0.168. The Kier molecular flexibility index (Phi) is 4.59. The predicted octanol–water partition coefficient (Wildman–Crippen LogP) is 3.67. The maximum Gasteiger partial charge on any atom is 0.0504 e. The molecule has 106 valence electrons. The molecule has 19 heavy (non-hydrogen) atoms. The highest BCUT2D eigenvalue weighted by Gasteiger charge is 2.36. The van der Waals surface area contributed by atoms with Crippen LogP contribution in [-0.2, 0) is 0 Å². The molecule has 2 N–H and O–H groups in total. The number of piperidine rings is 1. The Morgan fingerprint density at radius 1 is 1.21 bits per heavy atom. The Labute approximate surface area is 121 Å². The summed E-state index contributed by atoms with van der Waals surface area (Å²) in [6.07, 6.45) is 4.45. The minimum atomic E-state index is 0.168. The molecule has 0 amide bonds. The predicted molar refractivity (Wildman–Crippen MR) is 84.6 cm³/mol. The van der Waals surface area contributed by atoms with Gasteiger partial charge in [-0.05, 0) is 64.1 Å². The number of rotatable bonds is 2. The second kappa shape index (κ2) is 5.86. The van der Waals surface area contributed by atoms with Crippen LogP contribution in [-0.4, -0.2) is 29.3 Å². The first-order valence-corrected chi connectivity index (χ1v) is 8.32. The molecule has 2 rings (SSSR count). The average molecular weight is 278 g/mol. The van der Waals surface area contributed by atoms with Gasteiger partial charge in [0.1, 0.15) is 0 Å². The van der Waals surface area contributed by atoms with Crippen molar-refractivity contribution in [2.24, 2.45) is 5.73 Å². The van der Waals surface area contributed by atoms with Gasteiger partial charge in [-0.15, -0.1) is 11.8 Å². The summed E-state index contributed by atoms with van der Waals surface area (Å²) in [6.45, 7) is 8.00. The second-order valence-electron chi connectivity index (χ2n) is 6.39. The van der Waals surface area contributed by atoms with Crippen molar-refractivity contribution in [2.75, 3.05) is 12.8 Å². The van der Waals surface area contributed by atoms with Crippen molar-refractivity contribution in [3.63, 3.8) is 0 Å². The molecule has 3 heteroatoms. The van der Waals surface area contributed by atoms with E-state index >= 15 is 0 Å². The van der Waals surface area contributed by atoms with E-state index in [0.29, 0.717) is 6.04 Å². The molecular weight excluding hydrogens is 252 g/mol. The molecule has 0 bridgehead atoms. The first kappa shape index (κ1) is 14.9. The number of thioether (sulfide) groups is 1. The van der Waals surface area contributed by atoms with Gasteiger partial charge in [0.05, 0.1) is 6.04 Å². The standard InChI is InChI=1S/C16H26N2S/c1-16(2,3)18-11-5-6-14(17)15(18)12-7-9-13(19-4)10-8-12/h7-10,14-15H,5-6,11,17H2,1-4H3. The van der Waals surface area contributed by atoms with Gasteiger partial charge in [-0.25, -0.2) is 0 Å². The summed E-state index contributed by atoms with van der Waals surface area (Å²) in [5.74, 6) is 0. The molecule has 2 atom stereocenters. The fourth-order valence-corrected chi connectivity index (χ4v) is 3.41. The topological polar surface area (TPSA) is 29.3 Å². The molecule has 1 aromatic rings. The smallest absolute Gasteiger partial charge is 0.0504 e. The SMILES string of the molecule is CSc1ccc(C2C(N)CCCN2C(C)(C)C)cc1. The zero-order valence-electron chi connectivity index (χ0n) is 12.5. The summed E-state index contributed by atoms with van der Waals surface area (Å²) in [5.41, 5.74) is 7.95. The van der Waals surface area contributed by atoms with Crippen molar-refractivity contribution in [3.8, 4) is 0 Å². The van der Waals surface area contributed by atoms with Crippen molar-refractivity contribution in [2.45, 2.75) is 56.1 Å². The van der Waals surface area contributed by atoms with Crippen LogP contribution in [0.4, 0.5) is 0 Å². The number of likely N-dealkylation sites (tertiary alicyclic amines) is 1. The van der Waals surface area contributed by atoms with Crippen LogP contribution in [0.25, 0.3) is 0 Å². The van der Waals surface area contributed by atoms with Gasteiger partial charge < -0.3 is 5.73 Å². The highest BCUT2D eigenvalue weighted by Crippen LogP contribution is 2.35. The van der Waals surface area contributed by atoms with Crippen LogP contribution in [0.1, 0.15) is 45.2 Å². The molecule has 2 unspecified atom stereocenters. The number of nitrogens with two attached hydrogens (primary N) is 1. The molecule has 1 heterocycles. The van der Waals surface area contributed by atoms with Crippen LogP contribution < -0.4 is 5.73 Å². The lowest BCUT2D eigenvalue weighted by molar-refractivity contribution is 0.0384. The Hall–Kier alpha value is -0.510. The molecule has 1 saturated heterocycles. The van der Waals surface area contributed by atoms with Gasteiger partial charge in [-0.3, -0.25) is 4.90 Å². The van der Waals surface area contributed by atoms with E-state index in [9.17, 15) is 0 Å². The lowest BCUT2D eigenvalue weighted by atomic mass is 9.87. The average Bonchev–Trinajstić information content (AvgIpc) is 2.37. The van der Waals surface area contributed by atoms with E-state index in [4.69, 9.17) is 5.73 Å². The molecule has 2 nitrogen and oxygen atoms in total. The molecule has 0 aromatic heterocycles. The monoisotopic (exact) mass is 278 g/mol. The second-order valence-corrected chi connectivity index (χ2v) is 7.27. The maximum atomic E-state index is 6.42. The number of hydrogen-bond acceptors (Lipinski definition) is 3. The lowest BCUT2D eigenvalue weighted by Crippen LogP contribution is -2.53. The third kappa shape index (κ3) is 3.33. The van der Waals surface area contributed by atoms with Crippen LogP contribution >= 0.6 is 11.8 Å². The van der Waals surface area contributed by atoms with E-state index in [-0.39, 0.29) is 11.6 Å². The first-order chi connectivity index (χ1) is 8.93. The summed E-state index contributed by atoms with van der Waals surface area (Å²) in [7, 11) is 0. The van der Waals surface area contributed by atoms with Crippen LogP contribution in [0.5, 0.6) is 0 Å². The van der Waals surface area contributed by atoms with Crippen LogP contribution in [0.2, 0.25) is 0 Å². The maximum absolute atomic E-state index is 6.42. The molecule has 1 fully saturated rings. The number of hydrogen-bond donors (Lipinski definition) is 1. The van der Waals surface area contributed by atoms with Crippen LogP contribution in [0, 0.1) is 0 Å². The van der Waals surface area contributed by atoms with Gasteiger partial charge in [0.2, 0.25) is 0 Å².